The van der Waals surface area contributed by atoms with Crippen LogP contribution in [0.5, 0.6) is 0 Å². The smallest absolute Gasteiger partial charge is 0.187 e. The lowest BCUT2D eigenvalue weighted by atomic mass is 10.0. The molecule has 27 heavy (non-hydrogen) atoms. The Morgan fingerprint density at radius 3 is 1.19 bits per heavy atom. The van der Waals surface area contributed by atoms with E-state index in [1.54, 1.807) is 0 Å². The van der Waals surface area contributed by atoms with Crippen LogP contribution in [0.4, 0.5) is 0 Å². The van der Waals surface area contributed by atoms with E-state index >= 15 is 0 Å². The van der Waals surface area contributed by atoms with Crippen LogP contribution in [-0.2, 0) is 22.4 Å². The molecule has 0 aromatic carbocycles. The summed E-state index contributed by atoms with van der Waals surface area (Å²) >= 11 is 0. The summed E-state index contributed by atoms with van der Waals surface area (Å²) in [5, 5.41) is 0. The van der Waals surface area contributed by atoms with Crippen molar-refractivity contribution in [3.8, 4) is 0 Å². The van der Waals surface area contributed by atoms with Crippen molar-refractivity contribution in [1.29, 1.82) is 0 Å². The molecule has 1 fully saturated rings. The lowest BCUT2D eigenvalue weighted by molar-refractivity contribution is -0.259. The predicted molar refractivity (Wildman–Crippen MR) is 123 cm³/mol. The molecule has 1 rings (SSSR count). The van der Waals surface area contributed by atoms with Gasteiger partial charge in [0.15, 0.2) is 39.6 Å². The third-order valence-corrected chi connectivity index (χ3v) is 7.54. The quantitative estimate of drug-likeness (QED) is 0.471. The standard InChI is InChI=1S/C18H44O5Si4/c1-14-15(20-24(2,3)4)16(21-25(5,6)7)17(22-26(8,9)10)18(19-14)23-27(11,12)13/h14-18H,1-13H3/t14-,15-,16+,17+,18?/m0/s1. The molecule has 5 nitrogen and oxygen atoms in total. The van der Waals surface area contributed by atoms with E-state index in [2.05, 4.69) is 85.5 Å². The van der Waals surface area contributed by atoms with E-state index in [0.717, 1.165) is 0 Å². The van der Waals surface area contributed by atoms with Gasteiger partial charge in [0, 0.05) is 0 Å². The van der Waals surface area contributed by atoms with Gasteiger partial charge in [-0.2, -0.15) is 0 Å². The Kier molecular flexibility index (Phi) is 8.38. The van der Waals surface area contributed by atoms with Crippen LogP contribution in [0, 0.1) is 0 Å². The highest BCUT2D eigenvalue weighted by Crippen LogP contribution is 2.34. The van der Waals surface area contributed by atoms with Crippen LogP contribution < -0.4 is 0 Å². The van der Waals surface area contributed by atoms with Crippen LogP contribution in [-0.4, -0.2) is 64.0 Å². The molecule has 0 radical (unpaired) electrons. The van der Waals surface area contributed by atoms with Gasteiger partial charge in [-0.25, -0.2) is 0 Å². The summed E-state index contributed by atoms with van der Waals surface area (Å²) in [5.74, 6) is 0. The third-order valence-electron chi connectivity index (χ3n) is 3.67. The molecule has 9 heteroatoms. The largest absolute Gasteiger partial charge is 0.409 e. The van der Waals surface area contributed by atoms with Gasteiger partial charge in [0.1, 0.15) is 12.2 Å². The fourth-order valence-electron chi connectivity index (χ4n) is 3.06. The van der Waals surface area contributed by atoms with Crippen LogP contribution in [0.25, 0.3) is 0 Å². The van der Waals surface area contributed by atoms with Gasteiger partial charge < -0.3 is 22.4 Å². The first kappa shape index (κ1) is 25.7. The zero-order chi connectivity index (χ0) is 21.4. The maximum atomic E-state index is 6.70. The van der Waals surface area contributed by atoms with Crippen molar-refractivity contribution in [1.82, 2.24) is 0 Å². The first-order valence-corrected chi connectivity index (χ1v) is 23.8. The molecule has 0 amide bonds. The van der Waals surface area contributed by atoms with E-state index in [9.17, 15) is 0 Å². The van der Waals surface area contributed by atoms with Crippen molar-refractivity contribution in [2.45, 2.75) is 116 Å². The Labute approximate surface area is 172 Å². The van der Waals surface area contributed by atoms with Crippen LogP contribution in [0.3, 0.4) is 0 Å². The van der Waals surface area contributed by atoms with Crippen LogP contribution in [0.1, 0.15) is 6.92 Å². The van der Waals surface area contributed by atoms with Gasteiger partial charge in [-0.3, -0.25) is 0 Å². The summed E-state index contributed by atoms with van der Waals surface area (Å²) in [7, 11) is -7.26. The molecule has 1 heterocycles. The first-order chi connectivity index (χ1) is 11.8. The predicted octanol–water partition coefficient (Wildman–Crippen LogP) is 5.24. The lowest BCUT2D eigenvalue weighted by Crippen LogP contribution is -2.65. The molecule has 1 aliphatic heterocycles. The molecule has 0 bridgehead atoms. The summed E-state index contributed by atoms with van der Waals surface area (Å²) < 4.78 is 32.7. The SMILES string of the molecule is C[C@@H]1OC(O[Si](C)(C)C)[C@H](O[Si](C)(C)C)[C@H](O[Si](C)(C)C)[C@H]1O[Si](C)(C)C. The highest BCUT2D eigenvalue weighted by atomic mass is 28.4. The number of hydrogen-bond acceptors (Lipinski definition) is 5. The molecule has 0 saturated carbocycles. The fraction of sp³-hybridized carbons (Fsp3) is 1.00. The maximum Gasteiger partial charge on any atom is 0.187 e. The van der Waals surface area contributed by atoms with Gasteiger partial charge in [-0.15, -0.1) is 0 Å². The van der Waals surface area contributed by atoms with Gasteiger partial charge in [0.2, 0.25) is 0 Å². The van der Waals surface area contributed by atoms with E-state index in [-0.39, 0.29) is 24.4 Å². The van der Waals surface area contributed by atoms with Gasteiger partial charge in [-0.05, 0) is 85.5 Å². The van der Waals surface area contributed by atoms with E-state index in [0.29, 0.717) is 0 Å². The second-order valence-corrected chi connectivity index (χ2v) is 29.4. The monoisotopic (exact) mass is 452 g/mol. The van der Waals surface area contributed by atoms with Crippen molar-refractivity contribution in [2.75, 3.05) is 0 Å². The van der Waals surface area contributed by atoms with Crippen molar-refractivity contribution >= 4 is 33.3 Å². The van der Waals surface area contributed by atoms with E-state index in [1.807, 2.05) is 0 Å². The Balaban J connectivity index is 3.32. The highest BCUT2D eigenvalue weighted by Gasteiger charge is 2.51. The van der Waals surface area contributed by atoms with Crippen molar-refractivity contribution in [2.24, 2.45) is 0 Å². The molecule has 0 spiro atoms. The van der Waals surface area contributed by atoms with Crippen molar-refractivity contribution in [3.05, 3.63) is 0 Å². The molecule has 0 aliphatic carbocycles. The summed E-state index contributed by atoms with van der Waals surface area (Å²) in [6, 6.07) is 0. The number of hydrogen-bond donors (Lipinski definition) is 0. The lowest BCUT2D eigenvalue weighted by Gasteiger charge is -2.51. The van der Waals surface area contributed by atoms with Crippen LogP contribution >= 0.6 is 0 Å². The molecule has 0 aromatic heterocycles. The van der Waals surface area contributed by atoms with E-state index < -0.39 is 39.6 Å². The normalized spacial score (nSPS) is 31.2. The average molecular weight is 453 g/mol. The summed E-state index contributed by atoms with van der Waals surface area (Å²) in [5.41, 5.74) is 0. The van der Waals surface area contributed by atoms with Gasteiger partial charge in [0.25, 0.3) is 0 Å². The summed E-state index contributed by atoms with van der Waals surface area (Å²) in [6.45, 7) is 28.6. The molecule has 162 valence electrons. The molecular weight excluding hydrogens is 409 g/mol. The Hall–Kier alpha value is 0.668. The van der Waals surface area contributed by atoms with Crippen LogP contribution in [0.15, 0.2) is 0 Å². The second-order valence-electron chi connectivity index (χ2n) is 11.5. The molecule has 0 N–H and O–H groups in total. The van der Waals surface area contributed by atoms with Crippen molar-refractivity contribution in [3.63, 3.8) is 0 Å². The first-order valence-electron chi connectivity index (χ1n) is 10.1. The second kappa shape index (κ2) is 8.81. The van der Waals surface area contributed by atoms with Gasteiger partial charge in [-0.1, -0.05) is 0 Å². The number of ether oxygens (including phenoxy) is 1. The summed E-state index contributed by atoms with van der Waals surface area (Å²) in [4.78, 5) is 0. The maximum absolute atomic E-state index is 6.70. The fourth-order valence-corrected chi connectivity index (χ4v) is 7.24. The number of rotatable bonds is 8. The van der Waals surface area contributed by atoms with E-state index in [1.165, 1.54) is 0 Å². The average Bonchev–Trinajstić information content (AvgIpc) is 2.32. The molecule has 0 aromatic rings. The molecule has 1 unspecified atom stereocenters. The third kappa shape index (κ3) is 9.81. The minimum absolute atomic E-state index is 0.0964. The molecule has 1 saturated heterocycles. The molecular formula is C18H44O5Si4. The Morgan fingerprint density at radius 1 is 0.481 bits per heavy atom. The van der Waals surface area contributed by atoms with Gasteiger partial charge >= 0.3 is 0 Å². The van der Waals surface area contributed by atoms with Crippen molar-refractivity contribution < 1.29 is 22.4 Å². The van der Waals surface area contributed by atoms with Gasteiger partial charge in [0.05, 0.1) is 12.2 Å². The zero-order valence-electron chi connectivity index (χ0n) is 19.9. The topological polar surface area (TPSA) is 46.2 Å². The summed E-state index contributed by atoms with van der Waals surface area (Å²) in [6.07, 6.45) is -1.05. The highest BCUT2D eigenvalue weighted by molar-refractivity contribution is 6.71. The minimum Gasteiger partial charge on any atom is -0.409 e. The molecule has 5 atom stereocenters. The molecule has 1 aliphatic rings. The zero-order valence-corrected chi connectivity index (χ0v) is 23.9. The Bertz CT molecular complexity index is 476. The Morgan fingerprint density at radius 2 is 0.815 bits per heavy atom. The minimum atomic E-state index is -1.84. The van der Waals surface area contributed by atoms with Crippen LogP contribution in [0.2, 0.25) is 78.6 Å². The van der Waals surface area contributed by atoms with E-state index in [4.69, 9.17) is 22.4 Å².